The number of benzene rings is 1. The molecule has 1 aliphatic rings. The molecule has 2 aromatic heterocycles. The van der Waals surface area contributed by atoms with Gasteiger partial charge in [0.05, 0.1) is 5.69 Å². The number of anilines is 1. The summed E-state index contributed by atoms with van der Waals surface area (Å²) in [6.45, 7) is 2.03. The van der Waals surface area contributed by atoms with Gasteiger partial charge >= 0.3 is 0 Å². The molecule has 0 aliphatic heterocycles. The number of aryl methyl sites for hydroxylation is 2. The molecule has 122 valence electrons. The van der Waals surface area contributed by atoms with Crippen LogP contribution in [0.25, 0.3) is 10.2 Å². The average molecular weight is 340 g/mol. The molecular weight excluding hydrogens is 323 g/mol. The van der Waals surface area contributed by atoms with Crippen molar-refractivity contribution in [3.05, 3.63) is 57.3 Å². The molecule has 0 atom stereocenters. The van der Waals surface area contributed by atoms with Crippen molar-refractivity contribution < 1.29 is 9.18 Å². The van der Waals surface area contributed by atoms with Crippen LogP contribution in [0.5, 0.6) is 0 Å². The van der Waals surface area contributed by atoms with Crippen LogP contribution in [-0.2, 0) is 12.8 Å². The van der Waals surface area contributed by atoms with Crippen molar-refractivity contribution in [1.29, 1.82) is 0 Å². The quantitative estimate of drug-likeness (QED) is 0.702. The lowest BCUT2D eigenvalue weighted by atomic mass is 9.89. The SMILES string of the molecule is Cc1nc2sc(C(=O)c3ccc(F)cc3)c(N)c2c2c1CCCC2. The molecule has 5 heteroatoms. The summed E-state index contributed by atoms with van der Waals surface area (Å²) in [5, 5.41) is 0.950. The van der Waals surface area contributed by atoms with Gasteiger partial charge < -0.3 is 5.73 Å². The minimum atomic E-state index is -0.359. The van der Waals surface area contributed by atoms with Crippen molar-refractivity contribution in [1.82, 2.24) is 4.98 Å². The van der Waals surface area contributed by atoms with E-state index in [0.717, 1.165) is 35.2 Å². The van der Waals surface area contributed by atoms with E-state index in [-0.39, 0.29) is 11.6 Å². The van der Waals surface area contributed by atoms with E-state index in [1.165, 1.54) is 53.1 Å². The van der Waals surface area contributed by atoms with E-state index >= 15 is 0 Å². The maximum Gasteiger partial charge on any atom is 0.205 e. The van der Waals surface area contributed by atoms with Gasteiger partial charge in [-0.3, -0.25) is 4.79 Å². The summed E-state index contributed by atoms with van der Waals surface area (Å²) in [6, 6.07) is 5.58. The second-order valence-electron chi connectivity index (χ2n) is 6.22. The highest BCUT2D eigenvalue weighted by Gasteiger charge is 2.24. The molecule has 0 unspecified atom stereocenters. The highest BCUT2D eigenvalue weighted by Crippen LogP contribution is 2.40. The van der Waals surface area contributed by atoms with Crippen LogP contribution in [0.1, 0.15) is 44.9 Å². The lowest BCUT2D eigenvalue weighted by Gasteiger charge is -2.18. The Morgan fingerprint density at radius 3 is 2.54 bits per heavy atom. The van der Waals surface area contributed by atoms with E-state index in [9.17, 15) is 9.18 Å². The normalized spacial score (nSPS) is 13.9. The third-order valence-corrected chi connectivity index (χ3v) is 5.81. The van der Waals surface area contributed by atoms with Crippen molar-refractivity contribution >= 4 is 33.0 Å². The topological polar surface area (TPSA) is 56.0 Å². The predicted molar refractivity (Wildman–Crippen MR) is 95.2 cm³/mol. The number of halogens is 1. The van der Waals surface area contributed by atoms with E-state index in [0.29, 0.717) is 16.1 Å². The third-order valence-electron chi connectivity index (χ3n) is 4.71. The van der Waals surface area contributed by atoms with Crippen LogP contribution in [0, 0.1) is 12.7 Å². The summed E-state index contributed by atoms with van der Waals surface area (Å²) >= 11 is 1.34. The number of carbonyl (C=O) groups excluding carboxylic acids is 1. The van der Waals surface area contributed by atoms with Gasteiger partial charge in [0.2, 0.25) is 5.78 Å². The zero-order chi connectivity index (χ0) is 16.8. The first-order valence-electron chi connectivity index (χ1n) is 8.07. The van der Waals surface area contributed by atoms with Crippen LogP contribution in [0.3, 0.4) is 0 Å². The monoisotopic (exact) mass is 340 g/mol. The number of thiophene rings is 1. The molecule has 24 heavy (non-hydrogen) atoms. The number of aromatic nitrogens is 1. The Morgan fingerprint density at radius 2 is 1.83 bits per heavy atom. The summed E-state index contributed by atoms with van der Waals surface area (Å²) in [4.78, 5) is 18.8. The molecule has 2 heterocycles. The molecule has 1 aromatic carbocycles. The fraction of sp³-hybridized carbons (Fsp3) is 0.263. The molecule has 3 nitrogen and oxygen atoms in total. The van der Waals surface area contributed by atoms with Gasteiger partial charge in [-0.2, -0.15) is 0 Å². The van der Waals surface area contributed by atoms with Gasteiger partial charge in [-0.25, -0.2) is 9.37 Å². The minimum Gasteiger partial charge on any atom is -0.397 e. The van der Waals surface area contributed by atoms with Gasteiger partial charge in [0.15, 0.2) is 0 Å². The number of hydrogen-bond donors (Lipinski definition) is 1. The molecular formula is C19H17FN2OS. The van der Waals surface area contributed by atoms with Crippen molar-refractivity contribution in [2.75, 3.05) is 5.73 Å². The third kappa shape index (κ3) is 2.31. The van der Waals surface area contributed by atoms with Crippen molar-refractivity contribution in [3.63, 3.8) is 0 Å². The zero-order valence-corrected chi connectivity index (χ0v) is 14.2. The highest BCUT2D eigenvalue weighted by molar-refractivity contribution is 7.21. The molecule has 0 fully saturated rings. The Morgan fingerprint density at radius 1 is 1.17 bits per heavy atom. The van der Waals surface area contributed by atoms with E-state index in [4.69, 9.17) is 5.73 Å². The van der Waals surface area contributed by atoms with Gasteiger partial charge in [-0.05, 0) is 68.0 Å². The molecule has 3 aromatic rings. The zero-order valence-electron chi connectivity index (χ0n) is 13.4. The second kappa shape index (κ2) is 5.67. The first-order chi connectivity index (χ1) is 11.6. The van der Waals surface area contributed by atoms with E-state index < -0.39 is 0 Å². The number of ketones is 1. The summed E-state index contributed by atoms with van der Waals surface area (Å²) in [5.41, 5.74) is 10.9. The summed E-state index contributed by atoms with van der Waals surface area (Å²) in [5.74, 6) is -0.528. The lowest BCUT2D eigenvalue weighted by Crippen LogP contribution is -2.08. The van der Waals surface area contributed by atoms with Crippen LogP contribution in [0.15, 0.2) is 24.3 Å². The molecule has 0 saturated carbocycles. The molecule has 0 spiro atoms. The number of fused-ring (bicyclic) bond motifs is 3. The fourth-order valence-electron chi connectivity index (χ4n) is 3.50. The predicted octanol–water partition coefficient (Wildman–Crippen LogP) is 4.44. The number of hydrogen-bond acceptors (Lipinski definition) is 4. The smallest absolute Gasteiger partial charge is 0.205 e. The van der Waals surface area contributed by atoms with Crippen molar-refractivity contribution in [3.8, 4) is 0 Å². The molecule has 0 amide bonds. The number of pyridine rings is 1. The van der Waals surface area contributed by atoms with Crippen LogP contribution < -0.4 is 5.73 Å². The van der Waals surface area contributed by atoms with E-state index in [2.05, 4.69) is 4.98 Å². The molecule has 4 rings (SSSR count). The maximum absolute atomic E-state index is 13.1. The molecule has 2 N–H and O–H groups in total. The summed E-state index contributed by atoms with van der Waals surface area (Å²) in [7, 11) is 0. The Labute approximate surface area is 143 Å². The van der Waals surface area contributed by atoms with Crippen LogP contribution in [-0.4, -0.2) is 10.8 Å². The van der Waals surface area contributed by atoms with Crippen LogP contribution >= 0.6 is 11.3 Å². The Kier molecular flexibility index (Phi) is 3.61. The molecule has 0 bridgehead atoms. The number of nitrogens with two attached hydrogens (primary N) is 1. The molecule has 0 saturated heterocycles. The van der Waals surface area contributed by atoms with Gasteiger partial charge in [0.1, 0.15) is 15.5 Å². The first kappa shape index (κ1) is 15.3. The van der Waals surface area contributed by atoms with Crippen LogP contribution in [0.4, 0.5) is 10.1 Å². The van der Waals surface area contributed by atoms with Crippen LogP contribution in [0.2, 0.25) is 0 Å². The maximum atomic E-state index is 13.1. The van der Waals surface area contributed by atoms with Gasteiger partial charge in [0.25, 0.3) is 0 Å². The first-order valence-corrected chi connectivity index (χ1v) is 8.88. The average Bonchev–Trinajstić information content (AvgIpc) is 2.92. The number of rotatable bonds is 2. The number of carbonyl (C=O) groups is 1. The van der Waals surface area contributed by atoms with E-state index in [1.54, 1.807) is 0 Å². The number of nitrogens with zero attached hydrogens (tertiary/aromatic N) is 1. The van der Waals surface area contributed by atoms with Crippen molar-refractivity contribution in [2.24, 2.45) is 0 Å². The van der Waals surface area contributed by atoms with E-state index in [1.807, 2.05) is 6.92 Å². The van der Waals surface area contributed by atoms with Gasteiger partial charge in [-0.15, -0.1) is 11.3 Å². The molecule has 1 aliphatic carbocycles. The fourth-order valence-corrected chi connectivity index (χ4v) is 4.64. The largest absolute Gasteiger partial charge is 0.397 e. The van der Waals surface area contributed by atoms with Gasteiger partial charge in [-0.1, -0.05) is 0 Å². The second-order valence-corrected chi connectivity index (χ2v) is 7.22. The minimum absolute atomic E-state index is 0.169. The molecule has 0 radical (unpaired) electrons. The Balaban J connectivity index is 1.90. The number of nitrogen functional groups attached to an aromatic ring is 1. The Hall–Kier alpha value is -2.27. The lowest BCUT2D eigenvalue weighted by molar-refractivity contribution is 0.104. The summed E-state index contributed by atoms with van der Waals surface area (Å²) in [6.07, 6.45) is 4.33. The standard InChI is InChI=1S/C19H17FN2OS/c1-10-13-4-2-3-5-14(13)15-16(21)18(24-19(15)22-10)17(23)11-6-8-12(20)9-7-11/h6-9H,2-5,21H2,1H3. The highest BCUT2D eigenvalue weighted by atomic mass is 32.1. The summed E-state index contributed by atoms with van der Waals surface area (Å²) < 4.78 is 13.1. The Bertz CT molecular complexity index is 960. The van der Waals surface area contributed by atoms with Crippen molar-refractivity contribution in [2.45, 2.75) is 32.6 Å². The van der Waals surface area contributed by atoms with Gasteiger partial charge in [0, 0.05) is 16.6 Å².